The van der Waals surface area contributed by atoms with E-state index in [2.05, 4.69) is 10.6 Å². The summed E-state index contributed by atoms with van der Waals surface area (Å²) in [4.78, 5) is 24.3. The molecule has 1 fully saturated rings. The molecular formula is C16H22N2O2. The van der Waals surface area contributed by atoms with Gasteiger partial charge in [0.05, 0.1) is 0 Å². The molecule has 4 nitrogen and oxygen atoms in total. The van der Waals surface area contributed by atoms with Gasteiger partial charge in [-0.25, -0.2) is 0 Å². The maximum absolute atomic E-state index is 12.2. The Morgan fingerprint density at radius 3 is 2.35 bits per heavy atom. The van der Waals surface area contributed by atoms with E-state index in [1.807, 2.05) is 45.9 Å². The molecule has 1 aliphatic rings. The lowest BCUT2D eigenvalue weighted by molar-refractivity contribution is -0.137. The second-order valence-electron chi connectivity index (χ2n) is 5.98. The second kappa shape index (κ2) is 5.65. The SMILES string of the molecule is Cc1ccc(C2NC(=O)[C@@H](CC(C)C)NC2=O)cc1C. The van der Waals surface area contributed by atoms with Gasteiger partial charge in [-0.15, -0.1) is 0 Å². The predicted molar refractivity (Wildman–Crippen MR) is 78.2 cm³/mol. The highest BCUT2D eigenvalue weighted by Crippen LogP contribution is 2.21. The summed E-state index contributed by atoms with van der Waals surface area (Å²) in [7, 11) is 0. The van der Waals surface area contributed by atoms with Gasteiger partial charge in [-0.05, 0) is 42.9 Å². The first-order valence-electron chi connectivity index (χ1n) is 7.06. The van der Waals surface area contributed by atoms with Gasteiger partial charge in [0.1, 0.15) is 12.1 Å². The van der Waals surface area contributed by atoms with Gasteiger partial charge in [-0.2, -0.15) is 0 Å². The number of piperazine rings is 1. The average molecular weight is 274 g/mol. The third-order valence-corrected chi connectivity index (χ3v) is 3.75. The molecule has 2 amide bonds. The molecule has 2 N–H and O–H groups in total. The van der Waals surface area contributed by atoms with Crippen LogP contribution in [-0.4, -0.2) is 17.9 Å². The smallest absolute Gasteiger partial charge is 0.247 e. The molecule has 0 bridgehead atoms. The normalized spacial score (nSPS) is 22.6. The Morgan fingerprint density at radius 1 is 1.05 bits per heavy atom. The van der Waals surface area contributed by atoms with Gasteiger partial charge in [-0.1, -0.05) is 32.0 Å². The number of amides is 2. The topological polar surface area (TPSA) is 58.2 Å². The van der Waals surface area contributed by atoms with Crippen molar-refractivity contribution >= 4 is 11.8 Å². The molecule has 2 rings (SSSR count). The zero-order valence-corrected chi connectivity index (χ0v) is 12.5. The number of benzene rings is 1. The van der Waals surface area contributed by atoms with Crippen LogP contribution in [0.2, 0.25) is 0 Å². The fraction of sp³-hybridized carbons (Fsp3) is 0.500. The predicted octanol–water partition coefficient (Wildman–Crippen LogP) is 2.01. The first-order valence-corrected chi connectivity index (χ1v) is 7.06. The summed E-state index contributed by atoms with van der Waals surface area (Å²) in [5, 5.41) is 5.66. The monoisotopic (exact) mass is 274 g/mol. The number of rotatable bonds is 3. The maximum Gasteiger partial charge on any atom is 0.247 e. The molecule has 1 unspecified atom stereocenters. The van der Waals surface area contributed by atoms with Crippen LogP contribution in [0, 0.1) is 19.8 Å². The molecular weight excluding hydrogens is 252 g/mol. The van der Waals surface area contributed by atoms with E-state index in [0.717, 1.165) is 11.1 Å². The van der Waals surface area contributed by atoms with E-state index in [-0.39, 0.29) is 11.8 Å². The molecule has 108 valence electrons. The van der Waals surface area contributed by atoms with Crippen LogP contribution in [0.15, 0.2) is 18.2 Å². The number of hydrogen-bond acceptors (Lipinski definition) is 2. The lowest BCUT2D eigenvalue weighted by Gasteiger charge is -2.30. The van der Waals surface area contributed by atoms with Crippen LogP contribution in [0.4, 0.5) is 0 Å². The first kappa shape index (κ1) is 14.6. The molecule has 0 spiro atoms. The molecule has 0 saturated carbocycles. The molecule has 0 aliphatic carbocycles. The number of nitrogens with one attached hydrogen (secondary N) is 2. The third-order valence-electron chi connectivity index (χ3n) is 3.75. The summed E-state index contributed by atoms with van der Waals surface area (Å²) in [6.07, 6.45) is 0.664. The molecule has 0 aromatic heterocycles. The molecule has 1 heterocycles. The van der Waals surface area contributed by atoms with E-state index >= 15 is 0 Å². The summed E-state index contributed by atoms with van der Waals surface area (Å²) >= 11 is 0. The van der Waals surface area contributed by atoms with Crippen molar-refractivity contribution in [1.82, 2.24) is 10.6 Å². The molecule has 1 aromatic rings. The van der Waals surface area contributed by atoms with Gasteiger partial charge in [0.25, 0.3) is 0 Å². The van der Waals surface area contributed by atoms with Crippen LogP contribution in [0.5, 0.6) is 0 Å². The lowest BCUT2D eigenvalue weighted by atomic mass is 9.95. The Morgan fingerprint density at radius 2 is 1.75 bits per heavy atom. The van der Waals surface area contributed by atoms with Crippen molar-refractivity contribution in [2.24, 2.45) is 5.92 Å². The lowest BCUT2D eigenvalue weighted by Crippen LogP contribution is -2.57. The van der Waals surface area contributed by atoms with E-state index in [0.29, 0.717) is 12.3 Å². The Labute approximate surface area is 119 Å². The fourth-order valence-electron chi connectivity index (χ4n) is 2.45. The second-order valence-corrected chi connectivity index (χ2v) is 5.98. The minimum atomic E-state index is -0.579. The molecule has 20 heavy (non-hydrogen) atoms. The van der Waals surface area contributed by atoms with Gasteiger partial charge >= 0.3 is 0 Å². The minimum absolute atomic E-state index is 0.0958. The van der Waals surface area contributed by atoms with Crippen molar-refractivity contribution in [2.45, 2.75) is 46.2 Å². The highest BCUT2D eigenvalue weighted by atomic mass is 16.2. The maximum atomic E-state index is 12.2. The van der Waals surface area contributed by atoms with E-state index in [1.165, 1.54) is 5.56 Å². The summed E-state index contributed by atoms with van der Waals surface area (Å²) in [5.74, 6) is 0.143. The zero-order valence-electron chi connectivity index (χ0n) is 12.5. The molecule has 1 aromatic carbocycles. The third kappa shape index (κ3) is 3.00. The number of carbonyl (C=O) groups excluding carboxylic acids is 2. The average Bonchev–Trinajstić information content (AvgIpc) is 2.36. The van der Waals surface area contributed by atoms with Crippen LogP contribution in [0.1, 0.15) is 43.0 Å². The first-order chi connectivity index (χ1) is 9.38. The number of carbonyl (C=O) groups is 2. The van der Waals surface area contributed by atoms with Crippen molar-refractivity contribution < 1.29 is 9.59 Å². The summed E-state index contributed by atoms with van der Waals surface area (Å²) in [5.41, 5.74) is 3.13. The van der Waals surface area contributed by atoms with Gasteiger partial charge in [0.2, 0.25) is 11.8 Å². The number of hydrogen-bond donors (Lipinski definition) is 2. The van der Waals surface area contributed by atoms with Crippen molar-refractivity contribution in [1.29, 1.82) is 0 Å². The van der Waals surface area contributed by atoms with Crippen LogP contribution in [0.3, 0.4) is 0 Å². The van der Waals surface area contributed by atoms with Crippen molar-refractivity contribution in [3.63, 3.8) is 0 Å². The van der Waals surface area contributed by atoms with Crippen LogP contribution < -0.4 is 10.6 Å². The van der Waals surface area contributed by atoms with Gasteiger partial charge in [0.15, 0.2) is 0 Å². The van der Waals surface area contributed by atoms with E-state index in [9.17, 15) is 9.59 Å². The van der Waals surface area contributed by atoms with E-state index < -0.39 is 12.1 Å². The van der Waals surface area contributed by atoms with Gasteiger partial charge in [0, 0.05) is 0 Å². The van der Waals surface area contributed by atoms with Crippen molar-refractivity contribution in [2.75, 3.05) is 0 Å². The molecule has 1 saturated heterocycles. The van der Waals surface area contributed by atoms with Crippen molar-refractivity contribution in [3.05, 3.63) is 34.9 Å². The van der Waals surface area contributed by atoms with Crippen LogP contribution in [0.25, 0.3) is 0 Å². The fourth-order valence-corrected chi connectivity index (χ4v) is 2.45. The van der Waals surface area contributed by atoms with Crippen molar-refractivity contribution in [3.8, 4) is 0 Å². The largest absolute Gasteiger partial charge is 0.342 e. The van der Waals surface area contributed by atoms with Crippen LogP contribution >= 0.6 is 0 Å². The molecule has 1 aliphatic heterocycles. The highest BCUT2D eigenvalue weighted by Gasteiger charge is 2.34. The highest BCUT2D eigenvalue weighted by molar-refractivity contribution is 5.97. The molecule has 0 radical (unpaired) electrons. The summed E-state index contributed by atoms with van der Waals surface area (Å²) < 4.78 is 0. The summed E-state index contributed by atoms with van der Waals surface area (Å²) in [6, 6.07) is 4.85. The minimum Gasteiger partial charge on any atom is -0.342 e. The quantitative estimate of drug-likeness (QED) is 0.885. The van der Waals surface area contributed by atoms with Gasteiger partial charge in [-0.3, -0.25) is 9.59 Å². The molecule has 4 heteroatoms. The summed E-state index contributed by atoms with van der Waals surface area (Å²) in [6.45, 7) is 8.10. The van der Waals surface area contributed by atoms with Crippen LogP contribution in [-0.2, 0) is 9.59 Å². The molecule has 2 atom stereocenters. The van der Waals surface area contributed by atoms with E-state index in [1.54, 1.807) is 0 Å². The Kier molecular flexibility index (Phi) is 4.12. The Balaban J connectivity index is 2.17. The number of aryl methyl sites for hydroxylation is 2. The van der Waals surface area contributed by atoms with Gasteiger partial charge < -0.3 is 10.6 Å². The van der Waals surface area contributed by atoms with E-state index in [4.69, 9.17) is 0 Å². The zero-order chi connectivity index (χ0) is 14.9. The Bertz CT molecular complexity index is 537. The standard InChI is InChI=1S/C16H22N2O2/c1-9(2)7-13-15(19)18-14(16(20)17-13)12-6-5-10(3)11(4)8-12/h5-6,8-9,13-14H,7H2,1-4H3,(H,17,20)(H,18,19)/t13-,14?/m1/s1. The Hall–Kier alpha value is -1.84.